The Morgan fingerprint density at radius 1 is 0.692 bits per heavy atom. The average molecular weight is 213 g/mol. The third-order valence-electron chi connectivity index (χ3n) is 17.5. The van der Waals surface area contributed by atoms with Crippen molar-refractivity contribution >= 4 is 0 Å². The maximum absolute atomic E-state index is 2.83. The Bertz CT molecular complexity index is 815. The van der Waals surface area contributed by atoms with Crippen molar-refractivity contribution in [3.05, 3.63) is 0 Å². The van der Waals surface area contributed by atoms with Crippen LogP contribution in [-0.2, 0) is 6.51 Å². The summed E-state index contributed by atoms with van der Waals surface area (Å²) in [5.74, 6) is 0. The molecule has 4 unspecified atom stereocenters. The fourth-order valence-electron chi connectivity index (χ4n) is 20.1. The summed E-state index contributed by atoms with van der Waals surface area (Å²) in [6, 6.07) is 0. The van der Waals surface area contributed by atoms with Gasteiger partial charge in [-0.1, -0.05) is 0 Å². The Morgan fingerprint density at radius 3 is 1.08 bits per heavy atom. The van der Waals surface area contributed by atoms with Crippen LogP contribution >= 0.6 is 0 Å². The molecule has 10 aliphatic rings. The molecule has 0 aromatic carbocycles. The molecule has 10 fully saturated rings. The number of fused-ring (bicyclic) bond motifs is 10. The van der Waals surface area contributed by atoms with Gasteiger partial charge in [-0.25, -0.2) is 0 Å². The Morgan fingerprint density at radius 2 is 1.08 bits per heavy atom. The van der Waals surface area contributed by atoms with Crippen molar-refractivity contribution in [1.82, 2.24) is 0 Å². The normalized spacial score (nSPS) is 158. The molecule has 0 saturated carbocycles. The zero-order chi connectivity index (χ0) is 7.94. The van der Waals surface area contributed by atoms with Gasteiger partial charge in [0.15, 0.2) is 0 Å². The van der Waals surface area contributed by atoms with E-state index in [4.69, 9.17) is 0 Å². The first-order valence-corrected chi connectivity index (χ1v) is 12.9. The molecule has 0 nitrogen and oxygen atoms in total. The van der Waals surface area contributed by atoms with Gasteiger partial charge < -0.3 is 0 Å². The monoisotopic (exact) mass is 213 g/mol. The van der Waals surface area contributed by atoms with Crippen molar-refractivity contribution in [3.8, 4) is 0 Å². The van der Waals surface area contributed by atoms with Crippen LogP contribution in [0.1, 0.15) is 13.8 Å². The standard InChI is InChI=1S/C7H9.C5H5.Mn/c1-6-4-3-5-7(6)2;1-2-4-5-3-1;/h3-5H,1-2H3;1-5H;. The molecule has 10 rings (SSSR count). The molecule has 10 aliphatic heterocycles. The molecular weight excluding hydrogens is 199 g/mol. The van der Waals surface area contributed by atoms with Gasteiger partial charge in [0.2, 0.25) is 0 Å². The fraction of sp³-hybridized carbons (Fsp3) is 1.00. The summed E-state index contributed by atoms with van der Waals surface area (Å²) in [5.41, 5.74) is 0. The van der Waals surface area contributed by atoms with Gasteiger partial charge in [0.25, 0.3) is 0 Å². The summed E-state index contributed by atoms with van der Waals surface area (Å²) in [6.07, 6.45) is 0. The van der Waals surface area contributed by atoms with Crippen LogP contribution < -0.4 is 0 Å². The maximum atomic E-state index is 2.83. The Labute approximate surface area is 67.7 Å². The van der Waals surface area contributed by atoms with Crippen LogP contribution in [0.15, 0.2) is 0 Å². The predicted molar refractivity (Wildman–Crippen MR) is 46.7 cm³/mol. The molecule has 0 aliphatic carbocycles. The van der Waals surface area contributed by atoms with Gasteiger partial charge in [0.1, 0.15) is 0 Å². The van der Waals surface area contributed by atoms with Crippen LogP contribution in [0.4, 0.5) is 0 Å². The van der Waals surface area contributed by atoms with Crippen LogP contribution in [0.5, 0.6) is 0 Å². The summed E-state index contributed by atoms with van der Waals surface area (Å²) in [5, 5.41) is 0. The van der Waals surface area contributed by atoms with Crippen molar-refractivity contribution in [2.45, 2.75) is 61.0 Å². The van der Waals surface area contributed by atoms with Crippen LogP contribution in [-0.4, -0.2) is 0 Å². The molecule has 10 saturated heterocycles. The Kier molecular flexibility index (Phi) is 0.0804. The Hall–Kier alpha value is 0.519. The number of hydrogen-bond donors (Lipinski definition) is 0. The van der Waals surface area contributed by atoms with Crippen molar-refractivity contribution in [2.75, 3.05) is 0 Å². The summed E-state index contributed by atoms with van der Waals surface area (Å²) in [7, 11) is 0. The molecule has 0 aromatic heterocycles. The van der Waals surface area contributed by atoms with E-state index in [2.05, 4.69) is 13.8 Å². The Balaban J connectivity index is 2.20. The van der Waals surface area contributed by atoms with Gasteiger partial charge in [-0.15, -0.1) is 0 Å². The minimum absolute atomic E-state index is 1.14. The van der Waals surface area contributed by atoms with Crippen LogP contribution in [0.2, 0.25) is 47.2 Å². The van der Waals surface area contributed by atoms with Crippen molar-refractivity contribution in [1.29, 1.82) is 0 Å². The molecule has 0 N–H and O–H groups in total. The fourth-order valence-corrected chi connectivity index (χ4v) is 106. The van der Waals surface area contributed by atoms with Gasteiger partial charge in [-0.2, -0.15) is 0 Å². The van der Waals surface area contributed by atoms with Gasteiger partial charge >= 0.3 is 67.5 Å². The first-order valence-electron chi connectivity index (χ1n) is 6.28. The van der Waals surface area contributed by atoms with Gasteiger partial charge in [-0.05, 0) is 0 Å². The summed E-state index contributed by atoms with van der Waals surface area (Å²) < 4.78 is 2.27. The van der Waals surface area contributed by atoms with E-state index in [0.29, 0.717) is 0 Å². The van der Waals surface area contributed by atoms with Gasteiger partial charge in [-0.3, -0.25) is 0 Å². The van der Waals surface area contributed by atoms with Crippen LogP contribution in [0.25, 0.3) is 0 Å². The van der Waals surface area contributed by atoms with E-state index in [1.807, 2.05) is 0 Å². The SMILES string of the molecule is C[C]12[CH]3[CH]4[CH]5[C]1(C)[Mn]43521678[CH]2[CH]1[CH]6[CH]7[CH]28. The van der Waals surface area contributed by atoms with E-state index < -0.39 is 6.51 Å². The van der Waals surface area contributed by atoms with E-state index in [9.17, 15) is 0 Å². The predicted octanol–water partition coefficient (Wildman–Crippen LogP) is 4.16. The van der Waals surface area contributed by atoms with Crippen LogP contribution in [0, 0.1) is 0 Å². The molecule has 1 heteroatoms. The van der Waals surface area contributed by atoms with Crippen molar-refractivity contribution in [2.24, 2.45) is 0 Å². The zero-order valence-corrected chi connectivity index (χ0v) is 9.18. The summed E-state index contributed by atoms with van der Waals surface area (Å²) in [4.78, 5) is 12.2. The second-order valence-corrected chi connectivity index (χ2v) is 36.4. The first kappa shape index (κ1) is 4.18. The number of hydrogen-bond acceptors (Lipinski definition) is 0. The second-order valence-electron chi connectivity index (χ2n) is 11.0. The van der Waals surface area contributed by atoms with E-state index in [-0.39, 0.29) is 0 Å². The molecule has 13 heavy (non-hydrogen) atoms. The molecule has 0 amide bonds. The summed E-state index contributed by atoms with van der Waals surface area (Å²) in [6.45, 7) is 2.94. The molecule has 69 valence electrons. The van der Waals surface area contributed by atoms with Crippen molar-refractivity contribution in [3.63, 3.8) is 0 Å². The van der Waals surface area contributed by atoms with Crippen LogP contribution in [0.3, 0.4) is 0 Å². The third-order valence-corrected chi connectivity index (χ3v) is 66.2. The topological polar surface area (TPSA) is 0 Å². The quantitative estimate of drug-likeness (QED) is 0.530. The van der Waals surface area contributed by atoms with Crippen molar-refractivity contribution < 1.29 is 6.51 Å². The first-order chi connectivity index (χ1) is 5.94. The molecular formula is C12H14Mn. The third kappa shape index (κ3) is 0.0268. The van der Waals surface area contributed by atoms with E-state index in [1.165, 1.54) is 38.5 Å². The molecule has 4 atom stereocenters. The average Bonchev–Trinajstić information content (AvgIpc) is 3.02. The zero-order valence-electron chi connectivity index (χ0n) is 8.00. The van der Waals surface area contributed by atoms with E-state index in [0.717, 1.165) is 8.63 Å². The van der Waals surface area contributed by atoms with Gasteiger partial charge in [0, 0.05) is 0 Å². The molecule has 1 spiro atoms. The molecule has 10 heterocycles. The second kappa shape index (κ2) is 0.250. The molecule has 0 radical (unpaired) electrons. The molecule has 0 bridgehead atoms. The van der Waals surface area contributed by atoms with Gasteiger partial charge in [0.05, 0.1) is 0 Å². The van der Waals surface area contributed by atoms with E-state index in [1.54, 1.807) is 0 Å². The minimum atomic E-state index is -2.71. The van der Waals surface area contributed by atoms with E-state index >= 15 is 0 Å². The number of rotatable bonds is 0. The molecule has 0 aromatic rings. The summed E-state index contributed by atoms with van der Waals surface area (Å²) >= 11 is 0.